The lowest BCUT2D eigenvalue weighted by Gasteiger charge is -2.19. The van der Waals surface area contributed by atoms with Gasteiger partial charge in [-0.25, -0.2) is 4.98 Å². The third kappa shape index (κ3) is 2.43. The van der Waals surface area contributed by atoms with Crippen LogP contribution in [-0.4, -0.2) is 22.7 Å². The molecule has 1 aliphatic rings. The Kier molecular flexibility index (Phi) is 3.74. The normalized spacial score (nSPS) is 14.9. The number of hydrogen-bond donors (Lipinski definition) is 1. The molecule has 1 aromatic carbocycles. The van der Waals surface area contributed by atoms with Crippen LogP contribution in [0, 0.1) is 0 Å². The molecule has 0 radical (unpaired) electrons. The van der Waals surface area contributed by atoms with Crippen LogP contribution in [0.1, 0.15) is 36.3 Å². The number of aromatic nitrogens is 2. The van der Waals surface area contributed by atoms with Crippen LogP contribution in [0.25, 0.3) is 0 Å². The van der Waals surface area contributed by atoms with Gasteiger partial charge < -0.3 is 14.6 Å². The quantitative estimate of drug-likeness (QED) is 0.908. The molecule has 1 N–H and O–H groups in total. The molecule has 1 aliphatic heterocycles. The van der Waals surface area contributed by atoms with Crippen LogP contribution in [0.5, 0.6) is 5.75 Å². The number of hydrogen-bond acceptors (Lipinski definition) is 3. The van der Waals surface area contributed by atoms with Gasteiger partial charge in [-0.3, -0.25) is 0 Å². The van der Waals surface area contributed by atoms with Crippen molar-refractivity contribution in [3.05, 3.63) is 47.5 Å². The molecule has 4 nitrogen and oxygen atoms in total. The maximum absolute atomic E-state index is 5.59. The van der Waals surface area contributed by atoms with Gasteiger partial charge in [0.05, 0.1) is 12.6 Å². The predicted molar refractivity (Wildman–Crippen MR) is 79.0 cm³/mol. The van der Waals surface area contributed by atoms with E-state index < -0.39 is 0 Å². The first-order chi connectivity index (χ1) is 9.79. The van der Waals surface area contributed by atoms with E-state index in [0.29, 0.717) is 0 Å². The van der Waals surface area contributed by atoms with Crippen molar-refractivity contribution in [1.29, 1.82) is 0 Å². The van der Waals surface area contributed by atoms with Gasteiger partial charge in [0.1, 0.15) is 11.6 Å². The first-order valence-corrected chi connectivity index (χ1v) is 7.26. The third-order valence-electron chi connectivity index (χ3n) is 3.76. The smallest absolute Gasteiger partial charge is 0.130 e. The van der Waals surface area contributed by atoms with Crippen LogP contribution in [-0.2, 0) is 13.5 Å². The number of aryl methyl sites for hydroxylation is 1. The summed E-state index contributed by atoms with van der Waals surface area (Å²) in [6.45, 7) is 3.96. The van der Waals surface area contributed by atoms with Crippen LogP contribution < -0.4 is 10.1 Å². The summed E-state index contributed by atoms with van der Waals surface area (Å²) in [5, 5.41) is 3.60. The first kappa shape index (κ1) is 13.2. The molecule has 2 heterocycles. The molecule has 3 rings (SSSR count). The minimum absolute atomic E-state index is 0.140. The number of imidazole rings is 1. The van der Waals surface area contributed by atoms with E-state index in [9.17, 15) is 0 Å². The molecule has 0 fully saturated rings. The highest BCUT2D eigenvalue weighted by Crippen LogP contribution is 2.30. The minimum atomic E-state index is 0.140. The summed E-state index contributed by atoms with van der Waals surface area (Å²) >= 11 is 0. The average Bonchev–Trinajstić information content (AvgIpc) is 3.08. The number of nitrogens with one attached hydrogen (secondary N) is 1. The fourth-order valence-electron chi connectivity index (χ4n) is 2.69. The predicted octanol–water partition coefficient (Wildman–Crippen LogP) is 2.44. The summed E-state index contributed by atoms with van der Waals surface area (Å²) in [7, 11) is 2.04. The summed E-state index contributed by atoms with van der Waals surface area (Å²) in [6.07, 6.45) is 5.96. The van der Waals surface area contributed by atoms with Crippen LogP contribution in [0.4, 0.5) is 0 Å². The summed E-state index contributed by atoms with van der Waals surface area (Å²) in [5.74, 6) is 2.08. The molecule has 0 aliphatic carbocycles. The maximum Gasteiger partial charge on any atom is 0.130 e. The zero-order valence-electron chi connectivity index (χ0n) is 12.1. The van der Waals surface area contributed by atoms with Crippen LogP contribution in [0.15, 0.2) is 30.6 Å². The highest BCUT2D eigenvalue weighted by Gasteiger charge is 2.20. The molecule has 1 atom stereocenters. The molecule has 0 spiro atoms. The highest BCUT2D eigenvalue weighted by atomic mass is 16.5. The molecule has 1 aromatic heterocycles. The minimum Gasteiger partial charge on any atom is -0.493 e. The molecule has 0 saturated carbocycles. The highest BCUT2D eigenvalue weighted by molar-refractivity contribution is 5.42. The molecule has 0 amide bonds. The molecular formula is C16H21N3O. The van der Waals surface area contributed by atoms with E-state index in [1.807, 2.05) is 19.4 Å². The van der Waals surface area contributed by atoms with Crippen LogP contribution >= 0.6 is 0 Å². The Bertz CT molecular complexity index is 591. The number of benzene rings is 1. The Morgan fingerprint density at radius 3 is 3.10 bits per heavy atom. The van der Waals surface area contributed by atoms with Crippen molar-refractivity contribution < 1.29 is 4.74 Å². The second kappa shape index (κ2) is 5.67. The SMILES string of the molecule is CCCNC(c1ccc2c(c1)CCO2)c1nccn1C. The van der Waals surface area contributed by atoms with Crippen molar-refractivity contribution in [2.24, 2.45) is 7.05 Å². The van der Waals surface area contributed by atoms with Gasteiger partial charge in [0.15, 0.2) is 0 Å². The molecular weight excluding hydrogens is 250 g/mol. The lowest BCUT2D eigenvalue weighted by atomic mass is 10.0. The second-order valence-corrected chi connectivity index (χ2v) is 5.25. The van der Waals surface area contributed by atoms with Crippen LogP contribution in [0.2, 0.25) is 0 Å². The summed E-state index contributed by atoms with van der Waals surface area (Å²) < 4.78 is 7.67. The number of rotatable bonds is 5. The summed E-state index contributed by atoms with van der Waals surface area (Å²) in [5.41, 5.74) is 2.57. The molecule has 1 unspecified atom stereocenters. The van der Waals surface area contributed by atoms with Gasteiger partial charge in [-0.2, -0.15) is 0 Å². The Balaban J connectivity index is 1.94. The molecule has 0 bridgehead atoms. The Labute approximate surface area is 119 Å². The Hall–Kier alpha value is -1.81. The molecule has 106 valence electrons. The van der Waals surface area contributed by atoms with Gasteiger partial charge >= 0.3 is 0 Å². The van der Waals surface area contributed by atoms with Crippen molar-refractivity contribution in [2.75, 3.05) is 13.2 Å². The fraction of sp³-hybridized carbons (Fsp3) is 0.438. The summed E-state index contributed by atoms with van der Waals surface area (Å²) in [4.78, 5) is 4.51. The van der Waals surface area contributed by atoms with E-state index in [0.717, 1.165) is 37.6 Å². The molecule has 4 heteroatoms. The number of nitrogens with zero attached hydrogens (tertiary/aromatic N) is 2. The van der Waals surface area contributed by atoms with E-state index in [1.165, 1.54) is 11.1 Å². The average molecular weight is 271 g/mol. The molecule has 20 heavy (non-hydrogen) atoms. The number of ether oxygens (including phenoxy) is 1. The number of fused-ring (bicyclic) bond motifs is 1. The zero-order chi connectivity index (χ0) is 13.9. The van der Waals surface area contributed by atoms with Gasteiger partial charge in [0, 0.05) is 25.9 Å². The van der Waals surface area contributed by atoms with E-state index >= 15 is 0 Å². The van der Waals surface area contributed by atoms with Gasteiger partial charge in [-0.05, 0) is 36.2 Å². The monoisotopic (exact) mass is 271 g/mol. The summed E-state index contributed by atoms with van der Waals surface area (Å²) in [6, 6.07) is 6.62. The zero-order valence-corrected chi connectivity index (χ0v) is 12.1. The molecule has 0 saturated heterocycles. The lowest BCUT2D eigenvalue weighted by molar-refractivity contribution is 0.356. The van der Waals surface area contributed by atoms with E-state index in [-0.39, 0.29) is 6.04 Å². The van der Waals surface area contributed by atoms with Gasteiger partial charge in [0.25, 0.3) is 0 Å². The van der Waals surface area contributed by atoms with Crippen molar-refractivity contribution in [3.63, 3.8) is 0 Å². The first-order valence-electron chi connectivity index (χ1n) is 7.26. The second-order valence-electron chi connectivity index (χ2n) is 5.25. The van der Waals surface area contributed by atoms with Gasteiger partial charge in [-0.1, -0.05) is 13.0 Å². The van der Waals surface area contributed by atoms with Crippen molar-refractivity contribution >= 4 is 0 Å². The van der Waals surface area contributed by atoms with E-state index in [1.54, 1.807) is 0 Å². The topological polar surface area (TPSA) is 39.1 Å². The Morgan fingerprint density at radius 1 is 1.45 bits per heavy atom. The molecule has 2 aromatic rings. The standard InChI is InChI=1S/C16H21N3O/c1-3-7-17-15(16-18-8-9-19(16)2)13-4-5-14-12(11-13)6-10-20-14/h4-5,8-9,11,15,17H,3,6-7,10H2,1-2H3. The van der Waals surface area contributed by atoms with Crippen LogP contribution in [0.3, 0.4) is 0 Å². The lowest BCUT2D eigenvalue weighted by Crippen LogP contribution is -2.25. The van der Waals surface area contributed by atoms with Crippen molar-refractivity contribution in [1.82, 2.24) is 14.9 Å². The third-order valence-corrected chi connectivity index (χ3v) is 3.76. The fourth-order valence-corrected chi connectivity index (χ4v) is 2.69. The largest absolute Gasteiger partial charge is 0.493 e. The van der Waals surface area contributed by atoms with Crippen molar-refractivity contribution in [3.8, 4) is 5.75 Å². The Morgan fingerprint density at radius 2 is 2.35 bits per heavy atom. The van der Waals surface area contributed by atoms with E-state index in [2.05, 4.69) is 40.0 Å². The van der Waals surface area contributed by atoms with Gasteiger partial charge in [-0.15, -0.1) is 0 Å². The van der Waals surface area contributed by atoms with Gasteiger partial charge in [0.2, 0.25) is 0 Å². The maximum atomic E-state index is 5.59. The van der Waals surface area contributed by atoms with Crippen molar-refractivity contribution in [2.45, 2.75) is 25.8 Å². The van der Waals surface area contributed by atoms with E-state index in [4.69, 9.17) is 4.74 Å².